The zero-order valence-electron chi connectivity index (χ0n) is 30.3. The number of hydrogen-bond donors (Lipinski definition) is 0. The third kappa shape index (κ3) is 15.3. The van der Waals surface area contributed by atoms with E-state index in [1.807, 2.05) is 0 Å². The van der Waals surface area contributed by atoms with Crippen molar-refractivity contribution in [3.8, 4) is 0 Å². The van der Waals surface area contributed by atoms with E-state index in [2.05, 4.69) is 9.47 Å². The van der Waals surface area contributed by atoms with Crippen LogP contribution in [0.15, 0.2) is 0 Å². The molecule has 0 aliphatic rings. The number of hydrogen-bond acceptors (Lipinski definition) is 4. The molecule has 0 radical (unpaired) electrons. The van der Waals surface area contributed by atoms with E-state index in [1.165, 1.54) is 0 Å². The van der Waals surface area contributed by atoms with Crippen molar-refractivity contribution in [2.75, 3.05) is 13.1 Å². The van der Waals surface area contributed by atoms with Gasteiger partial charge in [0.05, 0.1) is 18.6 Å². The number of carbonyl (C=O) groups is 2. The van der Waals surface area contributed by atoms with Crippen LogP contribution in [0.1, 0.15) is 115 Å². The average Bonchev–Trinajstić information content (AvgIpc) is 2.72. The van der Waals surface area contributed by atoms with Gasteiger partial charge in [0.2, 0.25) is 0 Å². The van der Waals surface area contributed by atoms with Crippen LogP contribution in [0.5, 0.6) is 0 Å². The first-order valence-electron chi connectivity index (χ1n) is 15.9. The van der Waals surface area contributed by atoms with Gasteiger partial charge in [-0.15, -0.1) is 0 Å². The van der Waals surface area contributed by atoms with E-state index < -0.39 is 64.3 Å². The van der Waals surface area contributed by atoms with E-state index in [0.717, 1.165) is 0 Å². The Morgan fingerprint density at radius 3 is 1.59 bits per heavy atom. The van der Waals surface area contributed by atoms with Gasteiger partial charge in [0.15, 0.2) is 0 Å². The fourth-order valence-electron chi connectivity index (χ4n) is 1.56. The molecule has 0 aromatic carbocycles. The molecule has 22 heavy (non-hydrogen) atoms. The molecule has 0 aliphatic carbocycles. The third-order valence-electron chi connectivity index (χ3n) is 2.57. The molecule has 0 saturated heterocycles. The van der Waals surface area contributed by atoms with Gasteiger partial charge in [0, 0.05) is 32.0 Å². The second-order valence-electron chi connectivity index (χ2n) is 4.27. The molecular weight excluding hydrogens is 280 g/mol. The van der Waals surface area contributed by atoms with Crippen molar-refractivity contribution in [1.82, 2.24) is 0 Å². The molecule has 0 aromatic rings. The largest absolute Gasteiger partial charge is 0.466 e. The SMILES string of the molecule is [2H]C([2H])([2H])C([2H])([2H])C([2H])([2H])C([2H])([2H])OC(=O)CCCCCCCCC(=O)OC([2H])([2H])C([2H])([2H])C([2H])([2H])C([2H])([2H])[2H]. The molecule has 0 spiro atoms. The summed E-state index contributed by atoms with van der Waals surface area (Å²) < 4.78 is 142. The van der Waals surface area contributed by atoms with E-state index in [-0.39, 0.29) is 25.7 Å². The van der Waals surface area contributed by atoms with Gasteiger partial charge in [0.1, 0.15) is 0 Å². The molecule has 0 atom stereocenters. The first kappa shape index (κ1) is 5.78. The van der Waals surface area contributed by atoms with Gasteiger partial charge in [-0.05, 0) is 25.6 Å². The van der Waals surface area contributed by atoms with Crippen LogP contribution in [0, 0.1) is 0 Å². The van der Waals surface area contributed by atoms with Gasteiger partial charge < -0.3 is 9.47 Å². The highest BCUT2D eigenvalue weighted by Gasteiger charge is 2.03. The predicted molar refractivity (Wildman–Crippen MR) is 88.7 cm³/mol. The van der Waals surface area contributed by atoms with E-state index in [4.69, 9.17) is 24.7 Å². The Morgan fingerprint density at radius 2 is 1.18 bits per heavy atom. The first-order chi connectivity index (χ1) is 17.5. The number of carbonyl (C=O) groups excluding carboxylic acids is 2. The van der Waals surface area contributed by atoms with Gasteiger partial charge in [-0.1, -0.05) is 52.1 Å². The van der Waals surface area contributed by atoms with Crippen molar-refractivity contribution in [1.29, 1.82) is 0 Å². The normalized spacial score (nSPS) is 27.6. The smallest absolute Gasteiger partial charge is 0.305 e. The van der Waals surface area contributed by atoms with Crippen LogP contribution in [0.25, 0.3) is 0 Å². The van der Waals surface area contributed by atoms with E-state index in [1.54, 1.807) is 0 Å². The highest BCUT2D eigenvalue weighted by atomic mass is 16.5. The summed E-state index contributed by atoms with van der Waals surface area (Å²) >= 11 is 0. The Balaban J connectivity index is 4.53. The summed E-state index contributed by atoms with van der Waals surface area (Å²) in [6.45, 7) is -14.2. The Labute approximate surface area is 161 Å². The summed E-state index contributed by atoms with van der Waals surface area (Å²) in [5, 5.41) is 0. The fourth-order valence-corrected chi connectivity index (χ4v) is 1.56. The van der Waals surface area contributed by atoms with Crippen molar-refractivity contribution in [2.24, 2.45) is 0 Å². The molecule has 0 amide bonds. The minimum Gasteiger partial charge on any atom is -0.466 e. The highest BCUT2D eigenvalue weighted by Crippen LogP contribution is 2.09. The molecule has 0 rings (SSSR count). The van der Waals surface area contributed by atoms with Gasteiger partial charge >= 0.3 is 11.9 Å². The molecule has 0 fully saturated rings. The van der Waals surface area contributed by atoms with E-state index in [0.29, 0.717) is 25.7 Å². The summed E-state index contributed by atoms with van der Waals surface area (Å²) in [4.78, 5) is 23.9. The molecule has 0 N–H and O–H groups in total. The Bertz CT molecular complexity index is 792. The molecule has 4 heteroatoms. The summed E-state index contributed by atoms with van der Waals surface area (Å²) in [5.41, 5.74) is 0. The number of unbranched alkanes of at least 4 members (excludes halogenated alkanes) is 5. The zero-order valence-corrected chi connectivity index (χ0v) is 12.3. The van der Waals surface area contributed by atoms with Crippen LogP contribution >= 0.6 is 0 Å². The molecule has 0 bridgehead atoms. The lowest BCUT2D eigenvalue weighted by atomic mass is 10.1. The lowest BCUT2D eigenvalue weighted by Crippen LogP contribution is -2.05. The third-order valence-corrected chi connectivity index (χ3v) is 2.57. The van der Waals surface area contributed by atoms with Gasteiger partial charge in [-0.3, -0.25) is 9.59 Å². The van der Waals surface area contributed by atoms with Crippen LogP contribution in [-0.2, 0) is 19.1 Å². The summed E-state index contributed by atoms with van der Waals surface area (Å²) in [6.07, 6.45) is -13.2. The monoisotopic (exact) mass is 332 g/mol. The van der Waals surface area contributed by atoms with Gasteiger partial charge in [0.25, 0.3) is 0 Å². The molecule has 4 nitrogen and oxygen atoms in total. The van der Waals surface area contributed by atoms with Gasteiger partial charge in [-0.2, -0.15) is 0 Å². The number of ether oxygens (including phenoxy) is 2. The Kier molecular flexibility index (Phi) is 4.29. The summed E-state index contributed by atoms with van der Waals surface area (Å²) in [6, 6.07) is 0. The van der Waals surface area contributed by atoms with Gasteiger partial charge in [-0.25, -0.2) is 0 Å². The Morgan fingerprint density at radius 1 is 0.773 bits per heavy atom. The average molecular weight is 333 g/mol. The molecule has 0 heterocycles. The first-order valence-corrected chi connectivity index (χ1v) is 6.93. The Hall–Kier alpha value is -1.06. The van der Waals surface area contributed by atoms with E-state index in [9.17, 15) is 9.59 Å². The molecule has 0 aromatic heterocycles. The van der Waals surface area contributed by atoms with Crippen molar-refractivity contribution < 1.29 is 43.7 Å². The van der Waals surface area contributed by atoms with Crippen LogP contribution in [0.3, 0.4) is 0 Å². The standard InChI is InChI=1S/C18H34O4/c1-3-5-15-21-17(19)13-11-9-7-8-10-12-14-18(20)22-16-6-4-2/h3-16H2,1-2H3/i1D3,2D3,3D2,4D2,5D2,6D2,15D2,16D2. The fraction of sp³-hybridized carbons (Fsp3) is 0.889. The minimum atomic E-state index is -3.69. The topological polar surface area (TPSA) is 52.6 Å². The maximum atomic E-state index is 11.9. The number of rotatable bonds is 15. The second-order valence-corrected chi connectivity index (χ2v) is 4.27. The number of esters is 2. The van der Waals surface area contributed by atoms with E-state index >= 15 is 0 Å². The molecule has 130 valence electrons. The quantitative estimate of drug-likeness (QED) is 0.319. The lowest BCUT2D eigenvalue weighted by Gasteiger charge is -2.05. The lowest BCUT2D eigenvalue weighted by molar-refractivity contribution is -0.144. The maximum Gasteiger partial charge on any atom is 0.305 e. The van der Waals surface area contributed by atoms with Crippen LogP contribution in [0.4, 0.5) is 0 Å². The molecule has 0 unspecified atom stereocenters. The maximum absolute atomic E-state index is 11.9. The van der Waals surface area contributed by atoms with Crippen molar-refractivity contribution in [3.63, 3.8) is 0 Å². The molecule has 0 saturated carbocycles. The van der Waals surface area contributed by atoms with Crippen LogP contribution < -0.4 is 0 Å². The molecular formula is C18H34O4. The van der Waals surface area contributed by atoms with Crippen molar-refractivity contribution in [2.45, 2.75) is 90.6 Å². The summed E-state index contributed by atoms with van der Waals surface area (Å²) in [7, 11) is 0. The second kappa shape index (κ2) is 16.3. The van der Waals surface area contributed by atoms with Crippen molar-refractivity contribution in [3.05, 3.63) is 0 Å². The predicted octanol–water partition coefficient (Wildman–Crippen LogP) is 4.79. The summed E-state index contributed by atoms with van der Waals surface area (Å²) in [5.74, 6) is -2.40. The zero-order chi connectivity index (χ0) is 32.2. The van der Waals surface area contributed by atoms with Crippen LogP contribution in [-0.4, -0.2) is 25.1 Å². The molecule has 0 aliphatic heterocycles. The minimum absolute atomic E-state index is 0.174. The highest BCUT2D eigenvalue weighted by molar-refractivity contribution is 5.69. The van der Waals surface area contributed by atoms with Crippen molar-refractivity contribution >= 4 is 11.9 Å². The van der Waals surface area contributed by atoms with Crippen LogP contribution in [0.2, 0.25) is 0 Å².